The van der Waals surface area contributed by atoms with Gasteiger partial charge in [-0.2, -0.15) is 5.26 Å². The summed E-state index contributed by atoms with van der Waals surface area (Å²) in [7, 11) is 0. The van der Waals surface area contributed by atoms with Crippen LogP contribution in [0.4, 0.5) is 5.00 Å². The predicted octanol–water partition coefficient (Wildman–Crippen LogP) is 3.49. The molecule has 0 spiro atoms. The smallest absolute Gasteiger partial charge is 0.133 e. The van der Waals surface area contributed by atoms with E-state index in [9.17, 15) is 5.11 Å². The van der Waals surface area contributed by atoms with Crippen molar-refractivity contribution in [3.63, 3.8) is 0 Å². The summed E-state index contributed by atoms with van der Waals surface area (Å²) in [6.45, 7) is 3.97. The fourth-order valence-electron chi connectivity index (χ4n) is 2.31. The molecule has 1 aromatic heterocycles. The molecule has 1 saturated carbocycles. The molecule has 1 aromatic rings. The Balaban J connectivity index is 2.18. The molecule has 0 aliphatic heterocycles. The van der Waals surface area contributed by atoms with Gasteiger partial charge in [-0.15, -0.1) is 11.3 Å². The van der Waals surface area contributed by atoms with Crippen LogP contribution in [-0.4, -0.2) is 17.4 Å². The SMILES string of the molecule is Cc1sc(/N=C/C2CCCCC2O)c(C#N)c1C. The minimum atomic E-state index is -0.268. The molecule has 1 heterocycles. The third-order valence-corrected chi connectivity index (χ3v) is 4.76. The van der Waals surface area contributed by atoms with E-state index in [1.54, 1.807) is 11.3 Å². The molecule has 2 unspecified atom stereocenters. The Kier molecular flexibility index (Phi) is 4.15. The van der Waals surface area contributed by atoms with E-state index in [-0.39, 0.29) is 12.0 Å². The molecule has 2 atom stereocenters. The molecule has 0 bridgehead atoms. The number of nitriles is 1. The number of aliphatic hydroxyl groups excluding tert-OH is 1. The average molecular weight is 262 g/mol. The lowest BCUT2D eigenvalue weighted by Crippen LogP contribution is -2.25. The number of hydrogen-bond acceptors (Lipinski definition) is 4. The molecule has 1 aliphatic carbocycles. The summed E-state index contributed by atoms with van der Waals surface area (Å²) < 4.78 is 0. The topological polar surface area (TPSA) is 56.4 Å². The summed E-state index contributed by atoms with van der Waals surface area (Å²) in [6, 6.07) is 2.22. The van der Waals surface area contributed by atoms with Crippen molar-refractivity contribution >= 4 is 22.6 Å². The highest BCUT2D eigenvalue weighted by Crippen LogP contribution is 2.34. The normalized spacial score (nSPS) is 24.3. The number of aryl methyl sites for hydroxylation is 1. The van der Waals surface area contributed by atoms with E-state index < -0.39 is 0 Å². The van der Waals surface area contributed by atoms with Crippen LogP contribution >= 0.6 is 11.3 Å². The van der Waals surface area contributed by atoms with Crippen molar-refractivity contribution in [2.24, 2.45) is 10.9 Å². The van der Waals surface area contributed by atoms with Crippen LogP contribution in [0.5, 0.6) is 0 Å². The van der Waals surface area contributed by atoms with E-state index in [4.69, 9.17) is 5.26 Å². The summed E-state index contributed by atoms with van der Waals surface area (Å²) in [5.74, 6) is 0.146. The highest BCUT2D eigenvalue weighted by molar-refractivity contribution is 7.16. The summed E-state index contributed by atoms with van der Waals surface area (Å²) >= 11 is 1.55. The van der Waals surface area contributed by atoms with Gasteiger partial charge >= 0.3 is 0 Å². The van der Waals surface area contributed by atoms with E-state index in [1.807, 2.05) is 20.1 Å². The maximum absolute atomic E-state index is 9.88. The van der Waals surface area contributed by atoms with E-state index in [0.29, 0.717) is 5.56 Å². The van der Waals surface area contributed by atoms with Crippen LogP contribution < -0.4 is 0 Å². The Morgan fingerprint density at radius 3 is 2.78 bits per heavy atom. The molecule has 0 amide bonds. The second kappa shape index (κ2) is 5.64. The minimum Gasteiger partial charge on any atom is -0.392 e. The second-order valence-corrected chi connectivity index (χ2v) is 6.07. The van der Waals surface area contributed by atoms with Crippen LogP contribution in [-0.2, 0) is 0 Å². The number of aliphatic imine (C=N–C) groups is 1. The summed E-state index contributed by atoms with van der Waals surface area (Å²) in [5.41, 5.74) is 1.71. The monoisotopic (exact) mass is 262 g/mol. The lowest BCUT2D eigenvalue weighted by molar-refractivity contribution is 0.103. The van der Waals surface area contributed by atoms with Gasteiger partial charge in [0.1, 0.15) is 11.1 Å². The van der Waals surface area contributed by atoms with Gasteiger partial charge in [0.2, 0.25) is 0 Å². The first-order valence-corrected chi connectivity index (χ1v) is 7.17. The Morgan fingerprint density at radius 2 is 2.11 bits per heavy atom. The summed E-state index contributed by atoms with van der Waals surface area (Å²) in [4.78, 5) is 5.59. The third kappa shape index (κ3) is 2.63. The van der Waals surface area contributed by atoms with Crippen molar-refractivity contribution in [2.75, 3.05) is 0 Å². The number of aliphatic hydroxyl groups is 1. The van der Waals surface area contributed by atoms with Crippen LogP contribution in [0, 0.1) is 31.1 Å². The molecule has 4 heteroatoms. The maximum atomic E-state index is 9.88. The zero-order chi connectivity index (χ0) is 13.1. The minimum absolute atomic E-state index is 0.146. The number of thiophene rings is 1. The van der Waals surface area contributed by atoms with Gasteiger partial charge in [-0.05, 0) is 32.3 Å². The summed E-state index contributed by atoms with van der Waals surface area (Å²) in [5, 5.41) is 19.8. The van der Waals surface area contributed by atoms with Crippen molar-refractivity contribution in [1.82, 2.24) is 0 Å². The van der Waals surface area contributed by atoms with Crippen molar-refractivity contribution in [3.8, 4) is 6.07 Å². The highest BCUT2D eigenvalue weighted by Gasteiger charge is 2.21. The molecule has 18 heavy (non-hydrogen) atoms. The van der Waals surface area contributed by atoms with E-state index >= 15 is 0 Å². The van der Waals surface area contributed by atoms with Crippen molar-refractivity contribution in [2.45, 2.75) is 45.6 Å². The quantitative estimate of drug-likeness (QED) is 0.829. The Bertz CT molecular complexity index is 499. The molecule has 0 radical (unpaired) electrons. The van der Waals surface area contributed by atoms with Gasteiger partial charge in [0.25, 0.3) is 0 Å². The fraction of sp³-hybridized carbons (Fsp3) is 0.571. The molecule has 1 aliphatic rings. The average Bonchev–Trinajstić information content (AvgIpc) is 2.64. The van der Waals surface area contributed by atoms with Crippen molar-refractivity contribution in [1.29, 1.82) is 5.26 Å². The fourth-order valence-corrected chi connectivity index (χ4v) is 3.27. The molecule has 3 nitrogen and oxygen atoms in total. The second-order valence-electron chi connectivity index (χ2n) is 4.87. The van der Waals surface area contributed by atoms with Crippen LogP contribution in [0.3, 0.4) is 0 Å². The van der Waals surface area contributed by atoms with Gasteiger partial charge in [0.15, 0.2) is 0 Å². The van der Waals surface area contributed by atoms with Crippen LogP contribution in [0.1, 0.15) is 41.7 Å². The first kappa shape index (κ1) is 13.3. The maximum Gasteiger partial charge on any atom is 0.133 e. The van der Waals surface area contributed by atoms with Gasteiger partial charge in [0, 0.05) is 17.0 Å². The molecule has 1 N–H and O–H groups in total. The van der Waals surface area contributed by atoms with Gasteiger partial charge < -0.3 is 5.11 Å². The molecular formula is C14H18N2OS. The Hall–Kier alpha value is -1.18. The van der Waals surface area contributed by atoms with Gasteiger partial charge in [-0.1, -0.05) is 12.8 Å². The molecule has 0 aromatic carbocycles. The predicted molar refractivity (Wildman–Crippen MR) is 74.6 cm³/mol. The Morgan fingerprint density at radius 1 is 1.39 bits per heavy atom. The number of nitrogens with zero attached hydrogens (tertiary/aromatic N) is 2. The largest absolute Gasteiger partial charge is 0.392 e. The molecule has 96 valence electrons. The van der Waals surface area contributed by atoms with Gasteiger partial charge in [0.05, 0.1) is 11.7 Å². The summed E-state index contributed by atoms with van der Waals surface area (Å²) in [6.07, 6.45) is 5.69. The van der Waals surface area contributed by atoms with Crippen molar-refractivity contribution < 1.29 is 5.11 Å². The molecular weight excluding hydrogens is 244 g/mol. The van der Waals surface area contributed by atoms with Crippen LogP contribution in [0.15, 0.2) is 4.99 Å². The highest BCUT2D eigenvalue weighted by atomic mass is 32.1. The molecule has 1 fully saturated rings. The Labute approximate surface area is 112 Å². The molecule has 0 saturated heterocycles. The van der Waals surface area contributed by atoms with E-state index in [2.05, 4.69) is 11.1 Å². The van der Waals surface area contributed by atoms with Crippen LogP contribution in [0.25, 0.3) is 0 Å². The van der Waals surface area contributed by atoms with Crippen molar-refractivity contribution in [3.05, 3.63) is 16.0 Å². The number of rotatable bonds is 2. The van der Waals surface area contributed by atoms with Gasteiger partial charge in [-0.3, -0.25) is 0 Å². The van der Waals surface area contributed by atoms with Crippen LogP contribution in [0.2, 0.25) is 0 Å². The lowest BCUT2D eigenvalue weighted by Gasteiger charge is -2.23. The first-order chi connectivity index (χ1) is 8.63. The third-order valence-electron chi connectivity index (χ3n) is 3.64. The zero-order valence-electron chi connectivity index (χ0n) is 10.8. The lowest BCUT2D eigenvalue weighted by atomic mass is 9.87. The van der Waals surface area contributed by atoms with Gasteiger partial charge in [-0.25, -0.2) is 4.99 Å². The zero-order valence-corrected chi connectivity index (χ0v) is 11.6. The van der Waals surface area contributed by atoms with E-state index in [0.717, 1.165) is 41.1 Å². The molecule has 2 rings (SSSR count). The number of hydrogen-bond donors (Lipinski definition) is 1. The standard InChI is InChI=1S/C14H18N2OS/c1-9-10(2)18-14(12(9)7-15)16-8-11-5-3-4-6-13(11)17/h8,11,13,17H,3-6H2,1-2H3/b16-8+. The van der Waals surface area contributed by atoms with E-state index in [1.165, 1.54) is 0 Å². The first-order valence-electron chi connectivity index (χ1n) is 6.36.